The van der Waals surface area contributed by atoms with Crippen molar-refractivity contribution in [2.75, 3.05) is 30.4 Å². The Morgan fingerprint density at radius 2 is 2.15 bits per heavy atom. The summed E-state index contributed by atoms with van der Waals surface area (Å²) in [6.07, 6.45) is 2.26. The van der Waals surface area contributed by atoms with Crippen LogP contribution >= 0.6 is 11.6 Å². The second kappa shape index (κ2) is 8.92. The highest BCUT2D eigenvalue weighted by molar-refractivity contribution is 6.31. The molecule has 26 heavy (non-hydrogen) atoms. The molecular formula is C20H23ClN2O3. The maximum Gasteiger partial charge on any atom is 0.243 e. The van der Waals surface area contributed by atoms with E-state index in [1.807, 2.05) is 43.3 Å². The summed E-state index contributed by atoms with van der Waals surface area (Å²) in [5.41, 5.74) is 2.43. The normalized spacial score (nSPS) is 16.3. The number of carbonyl (C=O) groups excluding carboxylic acids is 1. The molecule has 1 heterocycles. The molecule has 6 heteroatoms. The molecule has 0 radical (unpaired) electrons. The Kier molecular flexibility index (Phi) is 6.36. The van der Waals surface area contributed by atoms with Gasteiger partial charge in [0, 0.05) is 17.3 Å². The van der Waals surface area contributed by atoms with E-state index >= 15 is 0 Å². The van der Waals surface area contributed by atoms with Gasteiger partial charge in [0.1, 0.15) is 12.4 Å². The monoisotopic (exact) mass is 374 g/mol. The number of nitrogens with one attached hydrogen (secondary N) is 2. The standard InChI is InChI=1S/C20H23ClN2O3/c1-14-8-9-15(11-17(14)21)23-20(24)12-22-18-6-2-3-7-19(18)26-13-16-5-4-10-25-16/h2-3,6-9,11,16,22H,4-5,10,12-13H2,1H3,(H,23,24). The number of ether oxygens (including phenoxy) is 2. The van der Waals surface area contributed by atoms with Crippen molar-refractivity contribution in [3.05, 3.63) is 53.1 Å². The summed E-state index contributed by atoms with van der Waals surface area (Å²) in [6.45, 7) is 3.37. The van der Waals surface area contributed by atoms with Crippen LogP contribution in [-0.4, -0.2) is 31.8 Å². The van der Waals surface area contributed by atoms with Crippen molar-refractivity contribution >= 4 is 28.9 Å². The zero-order chi connectivity index (χ0) is 18.4. The van der Waals surface area contributed by atoms with Gasteiger partial charge in [-0.15, -0.1) is 0 Å². The maximum absolute atomic E-state index is 12.2. The van der Waals surface area contributed by atoms with Crippen LogP contribution in [0.4, 0.5) is 11.4 Å². The molecule has 1 unspecified atom stereocenters. The Hall–Kier alpha value is -2.24. The van der Waals surface area contributed by atoms with Crippen molar-refractivity contribution in [2.45, 2.75) is 25.9 Å². The molecule has 0 saturated carbocycles. The summed E-state index contributed by atoms with van der Waals surface area (Å²) >= 11 is 6.09. The number of hydrogen-bond donors (Lipinski definition) is 2. The van der Waals surface area contributed by atoms with E-state index in [1.54, 1.807) is 6.07 Å². The first kappa shape index (κ1) is 18.5. The largest absolute Gasteiger partial charge is 0.489 e. The van der Waals surface area contributed by atoms with Gasteiger partial charge in [-0.05, 0) is 49.6 Å². The number of rotatable bonds is 7. The quantitative estimate of drug-likeness (QED) is 0.760. The molecular weight excluding hydrogens is 352 g/mol. The van der Waals surface area contributed by atoms with E-state index in [4.69, 9.17) is 21.1 Å². The second-order valence-electron chi connectivity index (χ2n) is 6.31. The van der Waals surface area contributed by atoms with Crippen LogP contribution in [0, 0.1) is 6.92 Å². The molecule has 1 aliphatic rings. The lowest BCUT2D eigenvalue weighted by Crippen LogP contribution is -2.22. The van der Waals surface area contributed by atoms with Crippen molar-refractivity contribution in [3.63, 3.8) is 0 Å². The Bertz CT molecular complexity index is 760. The fourth-order valence-corrected chi connectivity index (χ4v) is 2.93. The fourth-order valence-electron chi connectivity index (χ4n) is 2.75. The highest BCUT2D eigenvalue weighted by Gasteiger charge is 2.16. The van der Waals surface area contributed by atoms with Crippen LogP contribution in [0.2, 0.25) is 5.02 Å². The summed E-state index contributed by atoms with van der Waals surface area (Å²) in [5.74, 6) is 0.563. The van der Waals surface area contributed by atoms with Crippen LogP contribution in [0.3, 0.4) is 0 Å². The number of carbonyl (C=O) groups is 1. The van der Waals surface area contributed by atoms with E-state index < -0.39 is 0 Å². The van der Waals surface area contributed by atoms with Crippen LogP contribution in [0.25, 0.3) is 0 Å². The molecule has 2 aromatic carbocycles. The minimum atomic E-state index is -0.154. The molecule has 3 rings (SSSR count). The van der Waals surface area contributed by atoms with E-state index in [0.29, 0.717) is 23.1 Å². The van der Waals surface area contributed by atoms with Gasteiger partial charge >= 0.3 is 0 Å². The number of hydrogen-bond acceptors (Lipinski definition) is 4. The lowest BCUT2D eigenvalue weighted by atomic mass is 10.2. The van der Waals surface area contributed by atoms with Gasteiger partial charge in [0.2, 0.25) is 5.91 Å². The molecule has 138 valence electrons. The second-order valence-corrected chi connectivity index (χ2v) is 6.72. The van der Waals surface area contributed by atoms with Crippen LogP contribution in [-0.2, 0) is 9.53 Å². The summed E-state index contributed by atoms with van der Waals surface area (Å²) in [5, 5.41) is 6.58. The van der Waals surface area contributed by atoms with Crippen LogP contribution in [0.1, 0.15) is 18.4 Å². The zero-order valence-electron chi connectivity index (χ0n) is 14.8. The lowest BCUT2D eigenvalue weighted by Gasteiger charge is -2.15. The molecule has 2 aromatic rings. The van der Waals surface area contributed by atoms with E-state index in [0.717, 1.165) is 30.7 Å². The predicted molar refractivity (Wildman–Crippen MR) is 104 cm³/mol. The van der Waals surface area contributed by atoms with Gasteiger partial charge in [0.05, 0.1) is 18.3 Å². The molecule has 1 aliphatic heterocycles. The van der Waals surface area contributed by atoms with Gasteiger partial charge in [0.25, 0.3) is 0 Å². The summed E-state index contributed by atoms with van der Waals surface area (Å²) in [4.78, 5) is 12.2. The van der Waals surface area contributed by atoms with Gasteiger partial charge in [0.15, 0.2) is 0 Å². The molecule has 0 spiro atoms. The maximum atomic E-state index is 12.2. The summed E-state index contributed by atoms with van der Waals surface area (Å²) in [6, 6.07) is 13.0. The number of amides is 1. The predicted octanol–water partition coefficient (Wildman–Crippen LogP) is 4.26. The first-order chi connectivity index (χ1) is 12.6. The van der Waals surface area contributed by atoms with Crippen molar-refractivity contribution in [3.8, 4) is 5.75 Å². The topological polar surface area (TPSA) is 59.6 Å². The number of halogens is 1. The van der Waals surface area contributed by atoms with Crippen LogP contribution in [0.5, 0.6) is 5.75 Å². The fraction of sp³-hybridized carbons (Fsp3) is 0.350. The number of benzene rings is 2. The molecule has 2 N–H and O–H groups in total. The molecule has 5 nitrogen and oxygen atoms in total. The van der Waals surface area contributed by atoms with Gasteiger partial charge in [-0.2, -0.15) is 0 Å². The van der Waals surface area contributed by atoms with Crippen molar-refractivity contribution in [2.24, 2.45) is 0 Å². The Labute approximate surface area is 158 Å². The molecule has 1 atom stereocenters. The Balaban J connectivity index is 1.53. The minimum absolute atomic E-state index is 0.131. The molecule has 1 amide bonds. The van der Waals surface area contributed by atoms with Gasteiger partial charge in [-0.3, -0.25) is 4.79 Å². The molecule has 0 aromatic heterocycles. The first-order valence-corrected chi connectivity index (χ1v) is 9.13. The Morgan fingerprint density at radius 3 is 2.92 bits per heavy atom. The third kappa shape index (κ3) is 5.13. The molecule has 1 saturated heterocycles. The highest BCUT2D eigenvalue weighted by Crippen LogP contribution is 2.25. The average molecular weight is 375 g/mol. The van der Waals surface area contributed by atoms with Crippen LogP contribution in [0.15, 0.2) is 42.5 Å². The minimum Gasteiger partial charge on any atom is -0.489 e. The molecule has 0 aliphatic carbocycles. The number of anilines is 2. The van der Waals surface area contributed by atoms with Crippen molar-refractivity contribution < 1.29 is 14.3 Å². The van der Waals surface area contributed by atoms with Crippen molar-refractivity contribution in [1.29, 1.82) is 0 Å². The van der Waals surface area contributed by atoms with Gasteiger partial charge in [-0.25, -0.2) is 0 Å². The third-order valence-corrected chi connectivity index (χ3v) is 4.64. The van der Waals surface area contributed by atoms with E-state index in [1.165, 1.54) is 0 Å². The van der Waals surface area contributed by atoms with E-state index in [2.05, 4.69) is 10.6 Å². The van der Waals surface area contributed by atoms with Gasteiger partial charge in [-0.1, -0.05) is 29.8 Å². The first-order valence-electron chi connectivity index (χ1n) is 8.75. The number of para-hydroxylation sites is 2. The third-order valence-electron chi connectivity index (χ3n) is 4.23. The smallest absolute Gasteiger partial charge is 0.243 e. The number of aryl methyl sites for hydroxylation is 1. The van der Waals surface area contributed by atoms with Gasteiger partial charge < -0.3 is 20.1 Å². The average Bonchev–Trinajstić information content (AvgIpc) is 3.15. The Morgan fingerprint density at radius 1 is 1.31 bits per heavy atom. The van der Waals surface area contributed by atoms with Crippen LogP contribution < -0.4 is 15.4 Å². The summed E-state index contributed by atoms with van der Waals surface area (Å²) < 4.78 is 11.4. The lowest BCUT2D eigenvalue weighted by molar-refractivity contribution is -0.114. The molecule has 0 bridgehead atoms. The zero-order valence-corrected chi connectivity index (χ0v) is 15.5. The van der Waals surface area contributed by atoms with Crippen molar-refractivity contribution in [1.82, 2.24) is 0 Å². The SMILES string of the molecule is Cc1ccc(NC(=O)CNc2ccccc2OCC2CCCO2)cc1Cl. The summed E-state index contributed by atoms with van der Waals surface area (Å²) in [7, 11) is 0. The van der Waals surface area contributed by atoms with E-state index in [-0.39, 0.29) is 18.6 Å². The van der Waals surface area contributed by atoms with E-state index in [9.17, 15) is 4.79 Å². The molecule has 1 fully saturated rings. The highest BCUT2D eigenvalue weighted by atomic mass is 35.5.